The maximum absolute atomic E-state index is 13.3. The van der Waals surface area contributed by atoms with Crippen LogP contribution in [-0.4, -0.2) is 27.4 Å². The zero-order valence-corrected chi connectivity index (χ0v) is 18.6. The first-order valence-corrected chi connectivity index (χ1v) is 12.0. The lowest BCUT2D eigenvalue weighted by Gasteiger charge is -2.31. The van der Waals surface area contributed by atoms with Gasteiger partial charge in [-0.05, 0) is 74.2 Å². The standard InChI is InChI=1S/C25H26N2O3S/c1-3-27(22-12-5-4-6-13-22)31(29,30)23-16-14-21(15-17-23)25(28)26-18-8-11-20-10-7-9-19(2)24(20)26/h4-7,9-10,12-17H,3,8,11,18H2,1-2H3. The van der Waals surface area contributed by atoms with Crippen molar-refractivity contribution in [1.29, 1.82) is 0 Å². The van der Waals surface area contributed by atoms with Gasteiger partial charge in [0.1, 0.15) is 0 Å². The van der Waals surface area contributed by atoms with E-state index in [1.54, 1.807) is 31.2 Å². The Morgan fingerprint density at radius 1 is 0.968 bits per heavy atom. The third kappa shape index (κ3) is 3.95. The summed E-state index contributed by atoms with van der Waals surface area (Å²) in [5, 5.41) is 0. The van der Waals surface area contributed by atoms with E-state index in [0.29, 0.717) is 24.3 Å². The van der Waals surface area contributed by atoms with Crippen LogP contribution in [0.1, 0.15) is 34.8 Å². The van der Waals surface area contributed by atoms with E-state index in [1.165, 1.54) is 22.0 Å². The van der Waals surface area contributed by atoms with Gasteiger partial charge in [-0.2, -0.15) is 0 Å². The molecule has 1 aliphatic heterocycles. The minimum absolute atomic E-state index is 0.102. The summed E-state index contributed by atoms with van der Waals surface area (Å²) in [7, 11) is -3.72. The van der Waals surface area contributed by atoms with Gasteiger partial charge in [-0.1, -0.05) is 36.4 Å². The maximum Gasteiger partial charge on any atom is 0.264 e. The van der Waals surface area contributed by atoms with Crippen molar-refractivity contribution in [2.24, 2.45) is 0 Å². The molecular formula is C25H26N2O3S. The van der Waals surface area contributed by atoms with E-state index in [4.69, 9.17) is 0 Å². The Kier molecular flexibility index (Phi) is 5.83. The Bertz CT molecular complexity index is 1190. The van der Waals surface area contributed by atoms with Crippen molar-refractivity contribution in [2.75, 3.05) is 22.3 Å². The number of para-hydroxylation sites is 2. The number of fused-ring (bicyclic) bond motifs is 1. The molecule has 0 aromatic heterocycles. The molecule has 160 valence electrons. The number of nitrogens with zero attached hydrogens (tertiary/aromatic N) is 2. The molecule has 1 aliphatic rings. The highest BCUT2D eigenvalue weighted by Crippen LogP contribution is 2.32. The summed E-state index contributed by atoms with van der Waals surface area (Å²) in [4.78, 5) is 15.2. The molecule has 0 radical (unpaired) electrons. The Hall–Kier alpha value is -3.12. The molecule has 0 spiro atoms. The van der Waals surface area contributed by atoms with Gasteiger partial charge in [0.25, 0.3) is 15.9 Å². The topological polar surface area (TPSA) is 57.7 Å². The first kappa shape index (κ1) is 21.1. The smallest absolute Gasteiger partial charge is 0.264 e. The fraction of sp³-hybridized carbons (Fsp3) is 0.240. The molecule has 0 bridgehead atoms. The number of carbonyl (C=O) groups excluding carboxylic acids is 1. The van der Waals surface area contributed by atoms with Crippen molar-refractivity contribution in [3.63, 3.8) is 0 Å². The highest BCUT2D eigenvalue weighted by molar-refractivity contribution is 7.92. The molecule has 0 unspecified atom stereocenters. The molecule has 31 heavy (non-hydrogen) atoms. The van der Waals surface area contributed by atoms with Gasteiger partial charge < -0.3 is 4.90 Å². The summed E-state index contributed by atoms with van der Waals surface area (Å²) in [6, 6.07) is 21.4. The first-order chi connectivity index (χ1) is 14.9. The molecule has 3 aromatic carbocycles. The van der Waals surface area contributed by atoms with Crippen molar-refractivity contribution in [3.8, 4) is 0 Å². The van der Waals surface area contributed by atoms with Crippen LogP contribution in [0.15, 0.2) is 77.7 Å². The second-order valence-corrected chi connectivity index (χ2v) is 9.54. The summed E-state index contributed by atoms with van der Waals surface area (Å²) in [6.07, 6.45) is 1.88. The quantitative estimate of drug-likeness (QED) is 0.579. The molecule has 1 amide bonds. The molecule has 0 saturated heterocycles. The summed E-state index contributed by atoms with van der Waals surface area (Å²) in [6.45, 7) is 4.80. The largest absolute Gasteiger partial charge is 0.308 e. The normalized spacial score (nSPS) is 13.5. The van der Waals surface area contributed by atoms with E-state index < -0.39 is 10.0 Å². The Labute approximate surface area is 184 Å². The lowest BCUT2D eigenvalue weighted by molar-refractivity contribution is 0.0985. The zero-order valence-electron chi connectivity index (χ0n) is 17.8. The summed E-state index contributed by atoms with van der Waals surface area (Å²) in [5.74, 6) is -0.102. The molecule has 0 N–H and O–H groups in total. The van der Waals surface area contributed by atoms with Crippen molar-refractivity contribution in [3.05, 3.63) is 89.5 Å². The zero-order chi connectivity index (χ0) is 22.0. The third-order valence-electron chi connectivity index (χ3n) is 5.68. The fourth-order valence-corrected chi connectivity index (χ4v) is 5.66. The van der Waals surface area contributed by atoms with E-state index in [-0.39, 0.29) is 10.8 Å². The second-order valence-electron chi connectivity index (χ2n) is 7.67. The average Bonchev–Trinajstić information content (AvgIpc) is 2.79. The SMILES string of the molecule is CCN(c1ccccc1)S(=O)(=O)c1ccc(C(=O)N2CCCc3cccc(C)c32)cc1. The van der Waals surface area contributed by atoms with Crippen LogP contribution in [0.2, 0.25) is 0 Å². The third-order valence-corrected chi connectivity index (χ3v) is 7.60. The van der Waals surface area contributed by atoms with E-state index in [2.05, 4.69) is 6.07 Å². The fourth-order valence-electron chi connectivity index (χ4n) is 4.19. The summed E-state index contributed by atoms with van der Waals surface area (Å²) in [5.41, 5.74) is 4.34. The maximum atomic E-state index is 13.3. The minimum atomic E-state index is -3.72. The lowest BCUT2D eigenvalue weighted by atomic mass is 9.97. The molecule has 0 saturated carbocycles. The van der Waals surface area contributed by atoms with Gasteiger partial charge in [-0.3, -0.25) is 9.10 Å². The molecule has 4 rings (SSSR count). The summed E-state index contributed by atoms with van der Waals surface area (Å²) >= 11 is 0. The number of carbonyl (C=O) groups is 1. The lowest BCUT2D eigenvalue weighted by Crippen LogP contribution is -2.36. The highest BCUT2D eigenvalue weighted by atomic mass is 32.2. The van der Waals surface area contributed by atoms with E-state index in [9.17, 15) is 13.2 Å². The highest BCUT2D eigenvalue weighted by Gasteiger charge is 2.27. The van der Waals surface area contributed by atoms with Crippen LogP contribution in [0.5, 0.6) is 0 Å². The van der Waals surface area contributed by atoms with E-state index in [1.807, 2.05) is 42.2 Å². The minimum Gasteiger partial charge on any atom is -0.308 e. The van der Waals surface area contributed by atoms with Crippen molar-refractivity contribution in [2.45, 2.75) is 31.6 Å². The average molecular weight is 435 g/mol. The van der Waals surface area contributed by atoms with Gasteiger partial charge in [0.15, 0.2) is 0 Å². The van der Waals surface area contributed by atoms with Crippen molar-refractivity contribution < 1.29 is 13.2 Å². The predicted octanol–water partition coefficient (Wildman–Crippen LogP) is 4.80. The van der Waals surface area contributed by atoms with Crippen LogP contribution >= 0.6 is 0 Å². The van der Waals surface area contributed by atoms with Gasteiger partial charge in [0.05, 0.1) is 16.3 Å². The van der Waals surface area contributed by atoms with Crippen LogP contribution in [0.3, 0.4) is 0 Å². The van der Waals surface area contributed by atoms with Crippen LogP contribution in [0.4, 0.5) is 11.4 Å². The number of benzene rings is 3. The Morgan fingerprint density at radius 2 is 1.68 bits per heavy atom. The molecule has 6 heteroatoms. The number of rotatable bonds is 5. The number of hydrogen-bond acceptors (Lipinski definition) is 3. The molecule has 3 aromatic rings. The van der Waals surface area contributed by atoms with Crippen LogP contribution in [-0.2, 0) is 16.4 Å². The van der Waals surface area contributed by atoms with Gasteiger partial charge in [0, 0.05) is 18.7 Å². The number of anilines is 2. The van der Waals surface area contributed by atoms with E-state index >= 15 is 0 Å². The number of amides is 1. The van der Waals surface area contributed by atoms with Crippen LogP contribution in [0.25, 0.3) is 0 Å². The van der Waals surface area contributed by atoms with Gasteiger partial charge >= 0.3 is 0 Å². The van der Waals surface area contributed by atoms with Crippen LogP contribution < -0.4 is 9.21 Å². The van der Waals surface area contributed by atoms with Gasteiger partial charge in [0.2, 0.25) is 0 Å². The number of hydrogen-bond donors (Lipinski definition) is 0. The first-order valence-electron chi connectivity index (χ1n) is 10.5. The summed E-state index contributed by atoms with van der Waals surface area (Å²) < 4.78 is 27.7. The molecular weight excluding hydrogens is 408 g/mol. The molecule has 5 nitrogen and oxygen atoms in total. The molecule has 0 atom stereocenters. The van der Waals surface area contributed by atoms with Gasteiger partial charge in [-0.15, -0.1) is 0 Å². The number of sulfonamides is 1. The molecule has 0 aliphatic carbocycles. The Balaban J connectivity index is 1.63. The van der Waals surface area contributed by atoms with Gasteiger partial charge in [-0.25, -0.2) is 8.42 Å². The van der Waals surface area contributed by atoms with Crippen molar-refractivity contribution in [1.82, 2.24) is 0 Å². The van der Waals surface area contributed by atoms with Crippen molar-refractivity contribution >= 4 is 27.3 Å². The van der Waals surface area contributed by atoms with E-state index in [0.717, 1.165) is 24.1 Å². The van der Waals surface area contributed by atoms with Crippen LogP contribution in [0, 0.1) is 6.92 Å². The number of aryl methyl sites for hydroxylation is 2. The monoisotopic (exact) mass is 434 g/mol. The molecule has 1 heterocycles. The predicted molar refractivity (Wildman–Crippen MR) is 124 cm³/mol. The second kappa shape index (κ2) is 8.55. The Morgan fingerprint density at radius 3 is 2.35 bits per heavy atom. The molecule has 0 fully saturated rings.